The Balaban J connectivity index is 1.85. The normalized spacial score (nSPS) is 12.2. The smallest absolute Gasteiger partial charge is 0.229 e. The lowest BCUT2D eigenvalue weighted by molar-refractivity contribution is 0.243. The molecule has 2 aromatic carbocycles. The highest BCUT2D eigenvalue weighted by molar-refractivity contribution is 8.01. The number of nitrogens with one attached hydrogen (secondary N) is 3. The van der Waals surface area contributed by atoms with Crippen molar-refractivity contribution in [1.82, 2.24) is 9.97 Å². The second kappa shape index (κ2) is 12.5. The molecule has 0 fully saturated rings. The van der Waals surface area contributed by atoms with Crippen molar-refractivity contribution in [3.63, 3.8) is 0 Å². The molecular weight excluding hydrogens is 482 g/mol. The molecule has 0 aliphatic carbocycles. The minimum Gasteiger partial charge on any atom is -0.489 e. The lowest BCUT2D eigenvalue weighted by Crippen LogP contribution is -2.10. The summed E-state index contributed by atoms with van der Waals surface area (Å²) in [7, 11) is 1.71. The van der Waals surface area contributed by atoms with E-state index in [1.165, 1.54) is 6.20 Å². The number of nitrogens with two attached hydrogens (primary N) is 1. The van der Waals surface area contributed by atoms with E-state index in [0.29, 0.717) is 17.5 Å². The van der Waals surface area contributed by atoms with Crippen LogP contribution in [0.2, 0.25) is 0 Å². The van der Waals surface area contributed by atoms with Gasteiger partial charge in [0.2, 0.25) is 5.95 Å². The molecule has 3 aromatic rings. The quantitative estimate of drug-likeness (QED) is 0.169. The van der Waals surface area contributed by atoms with Gasteiger partial charge in [-0.05, 0) is 89.4 Å². The van der Waals surface area contributed by atoms with Gasteiger partial charge < -0.3 is 25.8 Å². The Hall–Kier alpha value is -3.72. The number of anilines is 5. The number of aryl methyl sites for hydroxylation is 1. The highest BCUT2D eigenvalue weighted by Gasteiger charge is 2.13. The predicted octanol–water partition coefficient (Wildman–Crippen LogP) is 6.92. The first-order valence-electron chi connectivity index (χ1n) is 12.1. The number of hydrogen-bond donors (Lipinski definition) is 4. The van der Waals surface area contributed by atoms with Crippen LogP contribution in [0.1, 0.15) is 45.7 Å². The molecule has 0 aliphatic heterocycles. The van der Waals surface area contributed by atoms with E-state index in [1.54, 1.807) is 31.4 Å². The summed E-state index contributed by atoms with van der Waals surface area (Å²) in [6.45, 7) is 12.5. The fraction of sp³-hybridized carbons (Fsp3) is 0.321. The van der Waals surface area contributed by atoms with Crippen LogP contribution in [0.25, 0.3) is 5.57 Å². The zero-order chi connectivity index (χ0) is 27.0. The molecule has 5 N–H and O–H groups in total. The number of aliphatic imine (C=N–C) groups is 1. The van der Waals surface area contributed by atoms with Gasteiger partial charge in [-0.25, -0.2) is 4.98 Å². The maximum atomic E-state index is 6.09. The summed E-state index contributed by atoms with van der Waals surface area (Å²) in [5.41, 5.74) is 11.1. The summed E-state index contributed by atoms with van der Waals surface area (Å²) in [4.78, 5) is 13.3. The second-order valence-corrected chi connectivity index (χ2v) is 11.4. The van der Waals surface area contributed by atoms with Crippen LogP contribution in [-0.2, 0) is 0 Å². The lowest BCUT2D eigenvalue weighted by atomic mass is 10.1. The van der Waals surface area contributed by atoms with Gasteiger partial charge in [-0.1, -0.05) is 12.1 Å². The van der Waals surface area contributed by atoms with Crippen LogP contribution < -0.4 is 25.8 Å². The third-order valence-electron chi connectivity index (χ3n) is 4.94. The van der Waals surface area contributed by atoms with E-state index < -0.39 is 0 Å². The van der Waals surface area contributed by atoms with Crippen molar-refractivity contribution < 1.29 is 4.74 Å². The van der Waals surface area contributed by atoms with Crippen molar-refractivity contribution in [3.8, 4) is 5.75 Å². The number of hydrogen-bond acceptors (Lipinski definition) is 9. The fourth-order valence-electron chi connectivity index (χ4n) is 3.27. The molecule has 0 atom stereocenters. The van der Waals surface area contributed by atoms with E-state index in [9.17, 15) is 0 Å². The van der Waals surface area contributed by atoms with Crippen molar-refractivity contribution in [2.75, 3.05) is 22.4 Å². The number of benzene rings is 2. The van der Waals surface area contributed by atoms with Crippen molar-refractivity contribution in [2.45, 2.75) is 52.4 Å². The Kier molecular flexibility index (Phi) is 9.41. The van der Waals surface area contributed by atoms with Crippen LogP contribution in [0.15, 0.2) is 59.9 Å². The molecule has 0 radical (unpaired) electrons. The molecule has 0 amide bonds. The average molecular weight is 520 g/mol. The molecule has 0 bridgehead atoms. The van der Waals surface area contributed by atoms with Gasteiger partial charge >= 0.3 is 0 Å². The molecule has 0 saturated carbocycles. The molecule has 1 heterocycles. The van der Waals surface area contributed by atoms with Crippen molar-refractivity contribution in [2.24, 2.45) is 10.7 Å². The molecule has 1 aromatic heterocycles. The Morgan fingerprint density at radius 3 is 2.54 bits per heavy atom. The summed E-state index contributed by atoms with van der Waals surface area (Å²) < 4.78 is 9.61. The highest BCUT2D eigenvalue weighted by Crippen LogP contribution is 2.32. The maximum absolute atomic E-state index is 6.09. The first-order valence-corrected chi connectivity index (χ1v) is 13.0. The minimum atomic E-state index is -0.0190. The number of ether oxygens (including phenoxy) is 1. The van der Waals surface area contributed by atoms with Crippen molar-refractivity contribution >= 4 is 52.6 Å². The first kappa shape index (κ1) is 27.9. The second-order valence-electron chi connectivity index (χ2n) is 9.76. The number of aromatic nitrogens is 2. The summed E-state index contributed by atoms with van der Waals surface area (Å²) in [6.07, 6.45) is 5.02. The third-order valence-corrected chi connectivity index (χ3v) is 5.89. The van der Waals surface area contributed by atoms with E-state index in [0.717, 1.165) is 33.8 Å². The molecule has 37 heavy (non-hydrogen) atoms. The SMILES string of the molecule is CN=C/C(=C\N)c1ccc(Nc2ncc(C)c(Nc3cccc(NSC(C)(C)C)c3)n2)c(OC(C)C)c1. The van der Waals surface area contributed by atoms with Crippen LogP contribution in [-0.4, -0.2) is 34.1 Å². The zero-order valence-corrected chi connectivity index (χ0v) is 23.4. The molecule has 0 spiro atoms. The minimum absolute atomic E-state index is 0.0190. The Bertz CT molecular complexity index is 1270. The Morgan fingerprint density at radius 2 is 1.86 bits per heavy atom. The van der Waals surface area contributed by atoms with E-state index in [1.807, 2.05) is 57.2 Å². The monoisotopic (exact) mass is 519 g/mol. The van der Waals surface area contributed by atoms with Crippen LogP contribution in [0.3, 0.4) is 0 Å². The van der Waals surface area contributed by atoms with E-state index in [4.69, 9.17) is 15.5 Å². The van der Waals surface area contributed by atoms with E-state index in [-0.39, 0.29) is 10.9 Å². The molecule has 9 heteroatoms. The lowest BCUT2D eigenvalue weighted by Gasteiger charge is -2.19. The molecular formula is C28H37N7OS. The fourth-order valence-corrected chi connectivity index (χ4v) is 3.82. The maximum Gasteiger partial charge on any atom is 0.229 e. The first-order chi connectivity index (χ1) is 17.6. The number of nitrogens with zero attached hydrogens (tertiary/aromatic N) is 3. The average Bonchev–Trinajstić information content (AvgIpc) is 2.84. The summed E-state index contributed by atoms with van der Waals surface area (Å²) in [5, 5.41) is 6.73. The largest absolute Gasteiger partial charge is 0.489 e. The van der Waals surface area contributed by atoms with Gasteiger partial charge in [-0.15, -0.1) is 0 Å². The van der Waals surface area contributed by atoms with Crippen LogP contribution >= 0.6 is 11.9 Å². The third kappa shape index (κ3) is 8.42. The van der Waals surface area contributed by atoms with E-state index >= 15 is 0 Å². The molecule has 3 rings (SSSR count). The van der Waals surface area contributed by atoms with Gasteiger partial charge in [0, 0.05) is 52.9 Å². The van der Waals surface area contributed by atoms with Crippen LogP contribution in [0, 0.1) is 6.92 Å². The predicted molar refractivity (Wildman–Crippen MR) is 160 cm³/mol. The molecule has 0 aliphatic rings. The van der Waals surface area contributed by atoms with Crippen LogP contribution in [0.5, 0.6) is 5.75 Å². The number of allylic oxidation sites excluding steroid dienone is 1. The summed E-state index contributed by atoms with van der Waals surface area (Å²) >= 11 is 1.68. The Morgan fingerprint density at radius 1 is 1.11 bits per heavy atom. The standard InChI is InChI=1S/C28H37N7OS/c1-18(2)36-25-13-20(21(15-29)17-30-7)11-12-24(25)33-27-31-16-19(3)26(34-27)32-22-9-8-10-23(14-22)35-37-28(4,5)6/h8-18,35H,29H2,1-7H3,(H2,31,32,33,34)/b21-15+,30-17?. The highest BCUT2D eigenvalue weighted by atomic mass is 32.2. The van der Waals surface area contributed by atoms with Crippen molar-refractivity contribution in [3.05, 3.63) is 66.0 Å². The molecule has 0 saturated heterocycles. The number of rotatable bonds is 10. The molecule has 8 nitrogen and oxygen atoms in total. The zero-order valence-electron chi connectivity index (χ0n) is 22.6. The van der Waals surface area contributed by atoms with Crippen LogP contribution in [0.4, 0.5) is 28.8 Å². The molecule has 0 unspecified atom stereocenters. The molecule has 196 valence electrons. The van der Waals surface area contributed by atoms with Gasteiger partial charge in [-0.2, -0.15) is 4.98 Å². The topological polar surface area (TPSA) is 109 Å². The van der Waals surface area contributed by atoms with Gasteiger partial charge in [0.05, 0.1) is 11.8 Å². The van der Waals surface area contributed by atoms with Gasteiger partial charge in [0.15, 0.2) is 0 Å². The van der Waals surface area contributed by atoms with E-state index in [2.05, 4.69) is 52.2 Å². The van der Waals surface area contributed by atoms with Gasteiger partial charge in [0.25, 0.3) is 0 Å². The van der Waals surface area contributed by atoms with Gasteiger partial charge in [-0.3, -0.25) is 4.99 Å². The summed E-state index contributed by atoms with van der Waals surface area (Å²) in [6, 6.07) is 13.9. The summed E-state index contributed by atoms with van der Waals surface area (Å²) in [5.74, 6) is 1.84. The van der Waals surface area contributed by atoms with Crippen molar-refractivity contribution in [1.29, 1.82) is 0 Å². The van der Waals surface area contributed by atoms with Gasteiger partial charge in [0.1, 0.15) is 11.6 Å². The Labute approximate surface area is 224 Å².